The van der Waals surface area contributed by atoms with Crippen molar-refractivity contribution >= 4 is 11.9 Å². The first kappa shape index (κ1) is 36.9. The van der Waals surface area contributed by atoms with Gasteiger partial charge in [0.1, 0.15) is 0 Å². The fourth-order valence-electron chi connectivity index (χ4n) is 14.4. The van der Waals surface area contributed by atoms with Crippen LogP contribution in [0.2, 0.25) is 0 Å². The van der Waals surface area contributed by atoms with Crippen LogP contribution in [0.4, 0.5) is 0 Å². The number of ether oxygens (including phenoxy) is 4. The van der Waals surface area contributed by atoms with Gasteiger partial charge in [0.2, 0.25) is 0 Å². The summed E-state index contributed by atoms with van der Waals surface area (Å²) in [6.07, 6.45) is 9.13. The van der Waals surface area contributed by atoms with Crippen LogP contribution in [-0.4, -0.2) is 98.6 Å². The van der Waals surface area contributed by atoms with Crippen molar-refractivity contribution in [2.75, 3.05) is 19.7 Å². The average molecular weight is 726 g/mol. The number of amides is 1. The van der Waals surface area contributed by atoms with Crippen molar-refractivity contribution in [3.63, 3.8) is 0 Å². The first-order valence-corrected chi connectivity index (χ1v) is 20.1. The van der Waals surface area contributed by atoms with Gasteiger partial charge >= 0.3 is 5.97 Å². The Bertz CT molecular complexity index is 1590. The zero-order valence-electron chi connectivity index (χ0n) is 32.9. The minimum absolute atomic E-state index is 0.0297. The lowest BCUT2D eigenvalue weighted by atomic mass is 9.41. The number of imidazole rings is 1. The Balaban J connectivity index is 1.01. The number of morpholine rings is 1. The number of aromatic nitrogens is 2. The lowest BCUT2D eigenvalue weighted by Gasteiger charge is -2.64. The highest BCUT2D eigenvalue weighted by Crippen LogP contribution is 2.89. The van der Waals surface area contributed by atoms with Gasteiger partial charge in [0.05, 0.1) is 43.2 Å². The Morgan fingerprint density at radius 2 is 1.79 bits per heavy atom. The smallest absolute Gasteiger partial charge is 0.303 e. The summed E-state index contributed by atoms with van der Waals surface area (Å²) in [5.41, 5.74) is -1.32. The van der Waals surface area contributed by atoms with Gasteiger partial charge in [-0.05, 0) is 111 Å². The van der Waals surface area contributed by atoms with Crippen LogP contribution in [-0.2, 0) is 30.8 Å². The summed E-state index contributed by atoms with van der Waals surface area (Å²) in [5, 5.41) is 23.7. The van der Waals surface area contributed by atoms with Crippen molar-refractivity contribution in [2.24, 2.45) is 57.8 Å². The number of aryl methyl sites for hydroxylation is 1. The molecule has 0 bridgehead atoms. The maximum atomic E-state index is 13.3. The minimum atomic E-state index is -1.27. The van der Waals surface area contributed by atoms with Gasteiger partial charge in [-0.2, -0.15) is 0 Å². The van der Waals surface area contributed by atoms with E-state index >= 15 is 0 Å². The molecule has 1 aromatic rings. The average Bonchev–Trinajstić information content (AvgIpc) is 3.48. The predicted octanol–water partition coefficient (Wildman–Crippen LogP) is 5.12. The SMILES string of the molecule is CC(=O)OC(C1CC(C)C2C(O1)C(O)C1(C)C3CCC4C(C)(C)C(OC5CN(C(=O)c6nccn6C)CCO5)CCC45CC35CCC21C)C(C)(C)O. The third-order valence-corrected chi connectivity index (χ3v) is 16.7. The number of nitrogens with zero attached hydrogens (tertiary/aromatic N) is 3. The van der Waals surface area contributed by atoms with Crippen molar-refractivity contribution < 1.29 is 38.7 Å². The molecule has 1 aromatic heterocycles. The second-order valence-corrected chi connectivity index (χ2v) is 19.8. The number of carbonyl (C=O) groups excluding carboxylic acids is 2. The lowest BCUT2D eigenvalue weighted by Crippen LogP contribution is -2.60. The minimum Gasteiger partial charge on any atom is -0.457 e. The molecule has 290 valence electrons. The van der Waals surface area contributed by atoms with E-state index in [0.29, 0.717) is 43.8 Å². The van der Waals surface area contributed by atoms with E-state index in [9.17, 15) is 19.8 Å². The van der Waals surface area contributed by atoms with E-state index in [2.05, 4.69) is 39.6 Å². The van der Waals surface area contributed by atoms with Crippen molar-refractivity contribution in [2.45, 2.75) is 149 Å². The van der Waals surface area contributed by atoms with Crippen molar-refractivity contribution in [1.82, 2.24) is 14.5 Å². The van der Waals surface area contributed by atoms with Crippen LogP contribution in [0.1, 0.15) is 117 Å². The predicted molar refractivity (Wildman–Crippen MR) is 192 cm³/mol. The van der Waals surface area contributed by atoms with Crippen LogP contribution in [0.5, 0.6) is 0 Å². The number of rotatable bonds is 6. The molecule has 2 saturated heterocycles. The maximum Gasteiger partial charge on any atom is 0.303 e. The number of aliphatic hydroxyl groups is 2. The molecule has 3 heterocycles. The van der Waals surface area contributed by atoms with E-state index < -0.39 is 36.2 Å². The monoisotopic (exact) mass is 725 g/mol. The molecule has 7 aliphatic rings. The van der Waals surface area contributed by atoms with Crippen LogP contribution in [0.25, 0.3) is 0 Å². The number of carbonyl (C=O) groups is 2. The van der Waals surface area contributed by atoms with Gasteiger partial charge in [0.25, 0.3) is 5.91 Å². The molecule has 5 aliphatic carbocycles. The number of fused-ring (bicyclic) bond motifs is 4. The summed E-state index contributed by atoms with van der Waals surface area (Å²) in [6, 6.07) is 0. The third-order valence-electron chi connectivity index (χ3n) is 16.7. The maximum absolute atomic E-state index is 13.3. The molecule has 0 radical (unpaired) electrons. The van der Waals surface area contributed by atoms with Gasteiger partial charge in [0, 0.05) is 38.3 Å². The summed E-state index contributed by atoms with van der Waals surface area (Å²) in [6.45, 7) is 18.0. The Labute approximate surface area is 309 Å². The van der Waals surface area contributed by atoms with Crippen LogP contribution in [0.3, 0.4) is 0 Å². The molecule has 2 aliphatic heterocycles. The summed E-state index contributed by atoms with van der Waals surface area (Å²) in [5.74, 6) is 1.24. The standard InChI is InChI=1S/C41H63N3O8/c1-23-20-25(33(37(5,6)48)50-24(2)45)51-31-30(23)38(7)14-15-41-22-40(41)13-12-28(36(3,4)26(40)10-11-27(41)39(38,8)32(31)46)52-29-21-44(18-19-49-29)35(47)34-42-16-17-43(34)9/h16-17,23,25-33,46,48H,10-15,18-22H2,1-9H3. The Morgan fingerprint density at radius 1 is 1.08 bits per heavy atom. The normalized spacial score (nSPS) is 46.9. The molecule has 7 fully saturated rings. The molecule has 1 amide bonds. The number of hydrogen-bond acceptors (Lipinski definition) is 9. The highest BCUT2D eigenvalue weighted by molar-refractivity contribution is 5.90. The van der Waals surface area contributed by atoms with Crippen LogP contribution < -0.4 is 0 Å². The van der Waals surface area contributed by atoms with E-state index in [4.69, 9.17) is 18.9 Å². The second kappa shape index (κ2) is 12.0. The second-order valence-electron chi connectivity index (χ2n) is 19.8. The molecule has 11 heteroatoms. The highest BCUT2D eigenvalue weighted by Gasteiger charge is 2.84. The molecule has 8 rings (SSSR count). The van der Waals surface area contributed by atoms with E-state index in [0.717, 1.165) is 32.1 Å². The van der Waals surface area contributed by atoms with E-state index in [1.807, 2.05) is 11.9 Å². The fraction of sp³-hybridized carbons (Fsp3) is 0.878. The van der Waals surface area contributed by atoms with Gasteiger partial charge in [-0.15, -0.1) is 0 Å². The van der Waals surface area contributed by atoms with Crippen molar-refractivity contribution in [3.05, 3.63) is 18.2 Å². The van der Waals surface area contributed by atoms with E-state index in [1.165, 1.54) is 19.8 Å². The molecule has 52 heavy (non-hydrogen) atoms. The number of aliphatic hydroxyl groups excluding tert-OH is 1. The molecule has 11 nitrogen and oxygen atoms in total. The topological polar surface area (TPSA) is 133 Å². The lowest BCUT2D eigenvalue weighted by molar-refractivity contribution is -0.245. The fourth-order valence-corrected chi connectivity index (χ4v) is 14.4. The Kier molecular flexibility index (Phi) is 8.50. The zero-order chi connectivity index (χ0) is 37.4. The molecule has 2 N–H and O–H groups in total. The van der Waals surface area contributed by atoms with Gasteiger partial charge in [0.15, 0.2) is 18.2 Å². The molecule has 2 spiro atoms. The van der Waals surface area contributed by atoms with Crippen LogP contribution in [0, 0.1) is 50.7 Å². The summed E-state index contributed by atoms with van der Waals surface area (Å²) in [7, 11) is 1.84. The molecule has 14 unspecified atom stereocenters. The first-order chi connectivity index (χ1) is 24.3. The van der Waals surface area contributed by atoms with Gasteiger partial charge in [-0.3, -0.25) is 9.59 Å². The third kappa shape index (κ3) is 4.96. The Morgan fingerprint density at radius 3 is 2.46 bits per heavy atom. The van der Waals surface area contributed by atoms with Crippen molar-refractivity contribution in [1.29, 1.82) is 0 Å². The molecule has 0 aromatic carbocycles. The number of hydrogen-bond donors (Lipinski definition) is 2. The van der Waals surface area contributed by atoms with Gasteiger partial charge in [-0.25, -0.2) is 4.98 Å². The number of esters is 1. The van der Waals surface area contributed by atoms with Crippen LogP contribution in [0.15, 0.2) is 12.4 Å². The van der Waals surface area contributed by atoms with Gasteiger partial charge < -0.3 is 38.6 Å². The molecule has 14 atom stereocenters. The van der Waals surface area contributed by atoms with E-state index in [-0.39, 0.29) is 57.0 Å². The first-order valence-electron chi connectivity index (χ1n) is 20.1. The zero-order valence-corrected chi connectivity index (χ0v) is 32.9. The quantitative estimate of drug-likeness (QED) is 0.384. The molecular weight excluding hydrogens is 662 g/mol. The largest absolute Gasteiger partial charge is 0.457 e. The summed E-state index contributed by atoms with van der Waals surface area (Å²) >= 11 is 0. The molecule has 5 saturated carbocycles. The Hall–Kier alpha value is -2.05. The van der Waals surface area contributed by atoms with Crippen LogP contribution >= 0.6 is 0 Å². The summed E-state index contributed by atoms with van der Waals surface area (Å²) in [4.78, 5) is 31.5. The van der Waals surface area contributed by atoms with Crippen molar-refractivity contribution in [3.8, 4) is 0 Å². The highest BCUT2D eigenvalue weighted by atomic mass is 16.7. The van der Waals surface area contributed by atoms with E-state index in [1.54, 1.807) is 30.8 Å². The van der Waals surface area contributed by atoms with Gasteiger partial charge in [-0.1, -0.05) is 34.6 Å². The molecular formula is C41H63N3O8. The summed E-state index contributed by atoms with van der Waals surface area (Å²) < 4.78 is 27.3.